The number of carbonyl (C=O) groups is 8. The largest absolute Gasteiger partial charge is 0.493 e. The molecule has 10 rings (SSSR count). The van der Waals surface area contributed by atoms with E-state index in [1.165, 1.54) is 14.2 Å². The molecule has 0 spiro atoms. The maximum Gasteiger partial charge on any atom is 0.260 e. The lowest BCUT2D eigenvalue weighted by Gasteiger charge is -2.23. The summed E-state index contributed by atoms with van der Waals surface area (Å²) in [4.78, 5) is 118. The van der Waals surface area contributed by atoms with Gasteiger partial charge < -0.3 is 92.1 Å². The molecule has 1 saturated heterocycles. The van der Waals surface area contributed by atoms with Gasteiger partial charge in [0.2, 0.25) is 36.3 Å². The van der Waals surface area contributed by atoms with Crippen LogP contribution in [-0.2, 0) is 66.7 Å². The lowest BCUT2D eigenvalue weighted by atomic mass is 9.92. The molecule has 5 atom stereocenters. The van der Waals surface area contributed by atoms with Gasteiger partial charge in [0.1, 0.15) is 0 Å². The molecular formula is C79H102N8O22. The quantitative estimate of drug-likeness (QED) is 0.0279. The first kappa shape index (κ1) is 83.4. The van der Waals surface area contributed by atoms with Crippen LogP contribution in [0.1, 0.15) is 112 Å². The second-order valence-electron chi connectivity index (χ2n) is 26.7. The molecule has 0 aliphatic carbocycles. The minimum absolute atomic E-state index is 0. The minimum atomic E-state index is -0.793. The van der Waals surface area contributed by atoms with Crippen molar-refractivity contribution < 1.29 is 105 Å². The van der Waals surface area contributed by atoms with Gasteiger partial charge in [-0.25, -0.2) is 0 Å². The van der Waals surface area contributed by atoms with Crippen molar-refractivity contribution in [2.75, 3.05) is 158 Å². The van der Waals surface area contributed by atoms with Crippen LogP contribution < -0.4 is 44.4 Å². The molecule has 0 radical (unpaired) electrons. The standard InChI is InChI=1S/C78H98N8O22.CH4/c1-50(2)74(83-72(89)15-20-97-22-24-99-26-28-101-30-32-103-34-35-104-33-31-102-29-27-100-25-23-98-21-16-79-71(88)14-17-84-73(90)37-52(4)76(84)92)64(87)36-51(3)75(91)82-57-11-8-53(9-12-57)55-38-58-45-80-62-43-69(66(95-5)41-60(62)77(93)85(58)47-55)105-18-7-19-106-70-44-63-61(42-67(70)96-6)78(94)86-48-56(39-59(86)46-81-63)54-10-13-65-68(40-54)108-49-107-65;/h8-13,40-48,50-52,58-59,74H,7,14-39,49H2,1-6H3,(H,79,88)(H,82,91)(H,83,89);1H4/t51-,52?,58+,59+,74?;/m1./s1. The number of carbonyl (C=O) groups excluding carboxylic acids is 8. The second-order valence-corrected chi connectivity index (χ2v) is 26.7. The number of ether oxygens (including phenoxy) is 14. The Morgan fingerprint density at radius 3 is 1.53 bits per heavy atom. The normalized spacial score (nSPS) is 17.2. The first-order chi connectivity index (χ1) is 52.5. The molecule has 1 fully saturated rings. The summed E-state index contributed by atoms with van der Waals surface area (Å²) in [5.74, 6) is -0.424. The Hall–Kier alpha value is -9.66. The fraction of sp³-hybridized carbons (Fsp3) is 0.519. The molecule has 109 heavy (non-hydrogen) atoms. The maximum atomic E-state index is 14.2. The Bertz CT molecular complexity index is 3920. The molecule has 6 aliphatic heterocycles. The van der Waals surface area contributed by atoms with Gasteiger partial charge in [0.05, 0.1) is 174 Å². The van der Waals surface area contributed by atoms with Crippen molar-refractivity contribution in [1.29, 1.82) is 0 Å². The highest BCUT2D eigenvalue weighted by Gasteiger charge is 2.38. The third-order valence-corrected chi connectivity index (χ3v) is 18.5. The van der Waals surface area contributed by atoms with E-state index in [-0.39, 0.29) is 144 Å². The molecule has 3 N–H and O–H groups in total. The van der Waals surface area contributed by atoms with E-state index >= 15 is 0 Å². The van der Waals surface area contributed by atoms with E-state index in [0.717, 1.165) is 27.2 Å². The molecule has 4 aromatic rings. The lowest BCUT2D eigenvalue weighted by molar-refractivity contribution is -0.139. The number of ketones is 1. The summed E-state index contributed by atoms with van der Waals surface area (Å²) in [5, 5.41) is 8.45. The van der Waals surface area contributed by atoms with Crippen LogP contribution in [0.3, 0.4) is 0 Å². The molecule has 0 aromatic heterocycles. The minimum Gasteiger partial charge on any atom is -0.493 e. The molecule has 7 amide bonds. The van der Waals surface area contributed by atoms with E-state index in [2.05, 4.69) is 16.0 Å². The zero-order chi connectivity index (χ0) is 76.3. The van der Waals surface area contributed by atoms with Gasteiger partial charge in [-0.15, -0.1) is 0 Å². The zero-order valence-corrected chi connectivity index (χ0v) is 62.1. The van der Waals surface area contributed by atoms with Crippen molar-refractivity contribution in [2.24, 2.45) is 27.7 Å². The van der Waals surface area contributed by atoms with Crippen molar-refractivity contribution in [3.63, 3.8) is 0 Å². The highest BCUT2D eigenvalue weighted by atomic mass is 16.7. The lowest BCUT2D eigenvalue weighted by Crippen LogP contribution is -2.45. The van der Waals surface area contributed by atoms with Crippen molar-refractivity contribution in [3.05, 3.63) is 101 Å². The van der Waals surface area contributed by atoms with Gasteiger partial charge in [0.25, 0.3) is 11.8 Å². The van der Waals surface area contributed by atoms with Crippen molar-refractivity contribution in [3.8, 4) is 34.5 Å². The van der Waals surface area contributed by atoms with Gasteiger partial charge in [-0.3, -0.25) is 53.2 Å². The second kappa shape index (κ2) is 42.3. The number of fused-ring (bicyclic) bond motifs is 5. The number of nitrogens with one attached hydrogen (secondary N) is 3. The number of hydrogen-bond donors (Lipinski definition) is 3. The Labute approximate surface area is 635 Å². The molecule has 4 aromatic carbocycles. The predicted molar refractivity (Wildman–Crippen MR) is 402 cm³/mol. The Kier molecular flexibility index (Phi) is 32.4. The van der Waals surface area contributed by atoms with Gasteiger partial charge in [-0.2, -0.15) is 0 Å². The summed E-state index contributed by atoms with van der Waals surface area (Å²) in [5.41, 5.74) is 5.85. The summed E-state index contributed by atoms with van der Waals surface area (Å²) in [6.07, 6.45) is 8.96. The summed E-state index contributed by atoms with van der Waals surface area (Å²) in [6.45, 7) is 13.8. The van der Waals surface area contributed by atoms with Gasteiger partial charge in [0, 0.05) is 113 Å². The van der Waals surface area contributed by atoms with E-state index in [4.69, 9.17) is 76.3 Å². The van der Waals surface area contributed by atoms with Crippen molar-refractivity contribution in [1.82, 2.24) is 25.3 Å². The Balaban J connectivity index is 0.0000137. The third-order valence-electron chi connectivity index (χ3n) is 18.5. The molecule has 2 unspecified atom stereocenters. The zero-order valence-electron chi connectivity index (χ0n) is 62.1. The summed E-state index contributed by atoms with van der Waals surface area (Å²) >= 11 is 0. The number of methoxy groups -OCH3 is 2. The molecule has 30 heteroatoms. The highest BCUT2D eigenvalue weighted by Crippen LogP contribution is 2.43. The topological polar surface area (TPSA) is 336 Å². The molecule has 6 heterocycles. The van der Waals surface area contributed by atoms with Crippen LogP contribution in [0, 0.1) is 17.8 Å². The van der Waals surface area contributed by atoms with E-state index in [0.29, 0.717) is 181 Å². The molecule has 6 aliphatic rings. The van der Waals surface area contributed by atoms with Crippen LogP contribution in [0.5, 0.6) is 34.5 Å². The van der Waals surface area contributed by atoms with Crippen molar-refractivity contribution in [2.45, 2.75) is 98.2 Å². The van der Waals surface area contributed by atoms with Crippen LogP contribution >= 0.6 is 0 Å². The number of benzene rings is 4. The van der Waals surface area contributed by atoms with E-state index < -0.39 is 12.0 Å². The number of amides is 7. The SMILES string of the molecule is C.COc1cc2c(cc1OCCCOc1cc3c(cc1OC)C(=O)N1C=C(c4ccc5c(c4)OCO5)C[C@H]1C=N3)N=C[C@@H]1CC(c3ccc(NC(=O)[C@H](C)CC(=O)C(NC(=O)CCOCCOCCOCCOCCOCCOCCOCCOCCNC(=O)CCN4C(=O)CC(C)C4=O)C(C)C)cc3)=CN1C2=O. The smallest absolute Gasteiger partial charge is 0.260 e. The average molecular weight is 1520 g/mol. The van der Waals surface area contributed by atoms with Crippen LogP contribution in [0.25, 0.3) is 11.1 Å². The number of likely N-dealkylation sites (tertiary alicyclic amines) is 1. The Morgan fingerprint density at radius 2 is 1.04 bits per heavy atom. The molecule has 0 bridgehead atoms. The van der Waals surface area contributed by atoms with Crippen LogP contribution in [0.15, 0.2) is 89.1 Å². The first-order valence-corrected chi connectivity index (χ1v) is 36.7. The third kappa shape index (κ3) is 23.7. The van der Waals surface area contributed by atoms with Gasteiger partial charge in [-0.05, 0) is 64.6 Å². The highest BCUT2D eigenvalue weighted by molar-refractivity contribution is 6.07. The fourth-order valence-corrected chi connectivity index (χ4v) is 12.5. The van der Waals surface area contributed by atoms with Crippen LogP contribution in [0.2, 0.25) is 0 Å². The van der Waals surface area contributed by atoms with Gasteiger partial charge in [0.15, 0.2) is 40.3 Å². The number of aliphatic imine (C=N–C) groups is 2. The monoisotopic (exact) mass is 1510 g/mol. The van der Waals surface area contributed by atoms with Crippen molar-refractivity contribution >= 4 is 87.8 Å². The van der Waals surface area contributed by atoms with E-state index in [9.17, 15) is 38.4 Å². The number of rotatable bonds is 47. The first-order valence-electron chi connectivity index (χ1n) is 36.7. The summed E-state index contributed by atoms with van der Waals surface area (Å²) in [7, 11) is 3.02. The van der Waals surface area contributed by atoms with Crippen LogP contribution in [0.4, 0.5) is 17.1 Å². The number of Topliss-reactive ketones (excluding diaryl/α,β-unsaturated/α-hetero) is 1. The summed E-state index contributed by atoms with van der Waals surface area (Å²) in [6, 6.07) is 18.3. The number of imide groups is 1. The van der Waals surface area contributed by atoms with Gasteiger partial charge in [-0.1, -0.05) is 53.3 Å². The number of hydrogen-bond acceptors (Lipinski definition) is 24. The maximum absolute atomic E-state index is 14.2. The fourth-order valence-electron chi connectivity index (χ4n) is 12.5. The predicted octanol–water partition coefficient (Wildman–Crippen LogP) is 7.96. The van der Waals surface area contributed by atoms with E-state index in [1.807, 2.05) is 56.6 Å². The summed E-state index contributed by atoms with van der Waals surface area (Å²) < 4.78 is 79.0. The van der Waals surface area contributed by atoms with E-state index in [1.54, 1.807) is 72.5 Å². The number of anilines is 1. The van der Waals surface area contributed by atoms with Crippen LogP contribution in [-0.4, -0.2) is 245 Å². The molecule has 590 valence electrons. The Morgan fingerprint density at radius 1 is 0.550 bits per heavy atom. The molecule has 0 saturated carbocycles. The van der Waals surface area contributed by atoms with Gasteiger partial charge >= 0.3 is 0 Å². The molecule has 30 nitrogen and oxygen atoms in total. The number of nitrogens with zero attached hydrogens (tertiary/aromatic N) is 5. The average Bonchev–Trinajstić information content (AvgIpc) is 1.76. The molecular weight excluding hydrogens is 1410 g/mol.